The first-order chi connectivity index (χ1) is 9.34. The molecule has 1 heterocycles. The van der Waals surface area contributed by atoms with E-state index in [1.54, 1.807) is 18.0 Å². The summed E-state index contributed by atoms with van der Waals surface area (Å²) in [7, 11) is 0. The average Bonchev–Trinajstić information content (AvgIpc) is 2.64. The fourth-order valence-electron chi connectivity index (χ4n) is 2.38. The summed E-state index contributed by atoms with van der Waals surface area (Å²) in [4.78, 5) is 11.8. The number of nitrogens with zero attached hydrogens (tertiary/aromatic N) is 2. The Morgan fingerprint density at radius 3 is 2.70 bits per heavy atom. The lowest BCUT2D eigenvalue weighted by Gasteiger charge is -2.32. The van der Waals surface area contributed by atoms with Crippen LogP contribution in [0, 0.1) is 0 Å². The Balaban J connectivity index is 2.36. The maximum atomic E-state index is 12.8. The predicted octanol–water partition coefficient (Wildman–Crippen LogP) is 2.01. The molecule has 2 rings (SSSR count). The lowest BCUT2D eigenvalue weighted by Crippen LogP contribution is -2.44. The fourth-order valence-corrected chi connectivity index (χ4v) is 2.38. The molecule has 20 heavy (non-hydrogen) atoms. The van der Waals surface area contributed by atoms with Gasteiger partial charge in [-0.2, -0.15) is 13.2 Å². The lowest BCUT2D eigenvalue weighted by atomic mass is 10.1. The van der Waals surface area contributed by atoms with Crippen molar-refractivity contribution < 1.29 is 18.0 Å². The number of hydrogen-bond acceptors (Lipinski definition) is 3. The highest BCUT2D eigenvalue weighted by Crippen LogP contribution is 2.34. The molecule has 4 nitrogen and oxygen atoms in total. The number of amides is 1. The lowest BCUT2D eigenvalue weighted by molar-refractivity contribution is -0.137. The van der Waals surface area contributed by atoms with E-state index in [2.05, 4.69) is 0 Å². The van der Waals surface area contributed by atoms with Crippen LogP contribution >= 0.6 is 0 Å². The van der Waals surface area contributed by atoms with Crippen molar-refractivity contribution in [1.29, 1.82) is 0 Å². The van der Waals surface area contributed by atoms with Crippen LogP contribution in [0.25, 0.3) is 0 Å². The van der Waals surface area contributed by atoms with Crippen molar-refractivity contribution >= 4 is 11.6 Å². The highest BCUT2D eigenvalue weighted by molar-refractivity contribution is 5.82. The number of rotatable bonds is 3. The number of halogens is 3. The maximum Gasteiger partial charge on any atom is 0.416 e. The van der Waals surface area contributed by atoms with Crippen molar-refractivity contribution in [1.82, 2.24) is 5.01 Å². The van der Waals surface area contributed by atoms with Gasteiger partial charge in [0, 0.05) is 6.54 Å². The van der Waals surface area contributed by atoms with Crippen molar-refractivity contribution in [2.24, 2.45) is 5.73 Å². The van der Waals surface area contributed by atoms with Gasteiger partial charge >= 0.3 is 6.18 Å². The third kappa shape index (κ3) is 2.72. The highest BCUT2D eigenvalue weighted by atomic mass is 19.4. The fraction of sp³-hybridized carbons (Fsp3) is 0.462. The number of carbonyl (C=O) groups excluding carboxylic acids is 1. The third-order valence-electron chi connectivity index (χ3n) is 3.21. The minimum Gasteiger partial charge on any atom is -0.329 e. The molecule has 1 atom stereocenters. The Morgan fingerprint density at radius 1 is 1.40 bits per heavy atom. The van der Waals surface area contributed by atoms with Crippen molar-refractivity contribution in [2.45, 2.75) is 25.6 Å². The Labute approximate surface area is 114 Å². The van der Waals surface area contributed by atoms with Gasteiger partial charge in [0.25, 0.3) is 0 Å². The number of anilines is 1. The van der Waals surface area contributed by atoms with E-state index >= 15 is 0 Å². The number of benzene rings is 1. The number of hydrogen-bond donors (Lipinski definition) is 1. The zero-order valence-electron chi connectivity index (χ0n) is 11.0. The molecule has 1 aliphatic rings. The summed E-state index contributed by atoms with van der Waals surface area (Å²) in [6.07, 6.45) is -4.13. The van der Waals surface area contributed by atoms with Crippen LogP contribution in [-0.4, -0.2) is 30.0 Å². The van der Waals surface area contributed by atoms with Crippen LogP contribution in [0.15, 0.2) is 24.3 Å². The van der Waals surface area contributed by atoms with E-state index < -0.39 is 11.7 Å². The molecule has 1 aromatic carbocycles. The van der Waals surface area contributed by atoms with E-state index in [4.69, 9.17) is 5.73 Å². The molecule has 2 N–H and O–H groups in total. The van der Waals surface area contributed by atoms with E-state index in [9.17, 15) is 18.0 Å². The number of carbonyl (C=O) groups is 1. The summed E-state index contributed by atoms with van der Waals surface area (Å²) < 4.78 is 38.3. The van der Waals surface area contributed by atoms with Gasteiger partial charge in [0.1, 0.15) is 0 Å². The Hall–Kier alpha value is -1.76. The third-order valence-corrected chi connectivity index (χ3v) is 3.21. The normalized spacial score (nSPS) is 19.9. The first-order valence-corrected chi connectivity index (χ1v) is 6.31. The summed E-state index contributed by atoms with van der Waals surface area (Å²) in [5, 5.41) is 3.00. The van der Waals surface area contributed by atoms with Gasteiger partial charge in [-0.15, -0.1) is 0 Å². The first-order valence-electron chi connectivity index (χ1n) is 6.31. The van der Waals surface area contributed by atoms with Gasteiger partial charge in [-0.3, -0.25) is 14.8 Å². The number of hydrazine groups is 1. The largest absolute Gasteiger partial charge is 0.416 e. The molecule has 0 saturated carbocycles. The van der Waals surface area contributed by atoms with Gasteiger partial charge < -0.3 is 5.73 Å². The molecular weight excluding hydrogens is 271 g/mol. The summed E-state index contributed by atoms with van der Waals surface area (Å²) in [6, 6.07) is 4.79. The summed E-state index contributed by atoms with van der Waals surface area (Å²) >= 11 is 0. The van der Waals surface area contributed by atoms with E-state index in [1.165, 1.54) is 11.1 Å². The van der Waals surface area contributed by atoms with Crippen LogP contribution in [0.2, 0.25) is 0 Å². The van der Waals surface area contributed by atoms with Crippen LogP contribution in [0.5, 0.6) is 0 Å². The van der Waals surface area contributed by atoms with Crippen molar-refractivity contribution in [3.63, 3.8) is 0 Å². The second kappa shape index (κ2) is 5.32. The molecule has 1 aromatic rings. The molecule has 1 unspecified atom stereocenters. The van der Waals surface area contributed by atoms with Gasteiger partial charge in [0.15, 0.2) is 0 Å². The van der Waals surface area contributed by atoms with Crippen LogP contribution in [0.4, 0.5) is 18.9 Å². The molecule has 110 valence electrons. The number of nitrogens with two attached hydrogens (primary N) is 1. The Bertz CT molecular complexity index is 504. The average molecular weight is 287 g/mol. The van der Waals surface area contributed by atoms with Gasteiger partial charge in [0.05, 0.1) is 30.3 Å². The predicted molar refractivity (Wildman–Crippen MR) is 68.8 cm³/mol. The summed E-state index contributed by atoms with van der Waals surface area (Å²) in [5.74, 6) is -0.125. The van der Waals surface area contributed by atoms with Gasteiger partial charge in [-0.25, -0.2) is 0 Å². The monoisotopic (exact) mass is 287 g/mol. The van der Waals surface area contributed by atoms with E-state index in [0.29, 0.717) is 12.2 Å². The van der Waals surface area contributed by atoms with Gasteiger partial charge in [0.2, 0.25) is 5.91 Å². The van der Waals surface area contributed by atoms with E-state index in [1.807, 2.05) is 0 Å². The summed E-state index contributed by atoms with van der Waals surface area (Å²) in [6.45, 7) is 2.35. The van der Waals surface area contributed by atoms with Crippen LogP contribution < -0.4 is 10.7 Å². The van der Waals surface area contributed by atoms with Gasteiger partial charge in [-0.05, 0) is 25.1 Å². The van der Waals surface area contributed by atoms with Crippen LogP contribution in [0.3, 0.4) is 0 Å². The minimum atomic E-state index is -4.40. The molecule has 0 radical (unpaired) electrons. The molecule has 1 aliphatic heterocycles. The van der Waals surface area contributed by atoms with Crippen molar-refractivity contribution in [3.8, 4) is 0 Å². The zero-order chi connectivity index (χ0) is 14.9. The van der Waals surface area contributed by atoms with Crippen molar-refractivity contribution in [3.05, 3.63) is 29.8 Å². The van der Waals surface area contributed by atoms with E-state index in [-0.39, 0.29) is 24.9 Å². The van der Waals surface area contributed by atoms with Crippen LogP contribution in [0.1, 0.15) is 18.9 Å². The minimum absolute atomic E-state index is 0.125. The topological polar surface area (TPSA) is 49.6 Å². The molecule has 0 spiro atoms. The standard InChI is InChI=1S/C13H16F3N3O/c1-9-7-12(20)18(6-5-17)19(9)11-4-2-3-10(8-11)13(14,15)16/h2-4,8-9H,5-7,17H2,1H3. The van der Waals surface area contributed by atoms with Gasteiger partial charge in [-0.1, -0.05) is 6.07 Å². The molecule has 0 aromatic heterocycles. The SMILES string of the molecule is CC1CC(=O)N(CCN)N1c1cccc(C(F)(F)F)c1. The molecule has 1 amide bonds. The Morgan fingerprint density at radius 2 is 2.10 bits per heavy atom. The maximum absolute atomic E-state index is 12.8. The second-order valence-corrected chi connectivity index (χ2v) is 4.75. The first kappa shape index (κ1) is 14.6. The summed E-state index contributed by atoms with van der Waals surface area (Å²) in [5.41, 5.74) is 5.08. The number of alkyl halides is 3. The second-order valence-electron chi connectivity index (χ2n) is 4.75. The smallest absolute Gasteiger partial charge is 0.329 e. The highest BCUT2D eigenvalue weighted by Gasteiger charge is 2.36. The molecule has 1 fully saturated rings. The molecule has 0 bridgehead atoms. The quantitative estimate of drug-likeness (QED) is 0.925. The molecule has 7 heteroatoms. The van der Waals surface area contributed by atoms with E-state index in [0.717, 1.165) is 12.1 Å². The molecular formula is C13H16F3N3O. The van der Waals surface area contributed by atoms with Crippen molar-refractivity contribution in [2.75, 3.05) is 18.1 Å². The van der Waals surface area contributed by atoms with Crippen LogP contribution in [-0.2, 0) is 11.0 Å². The Kier molecular flexibility index (Phi) is 3.89. The molecule has 0 aliphatic carbocycles. The molecule has 1 saturated heterocycles. The zero-order valence-corrected chi connectivity index (χ0v) is 11.0.